The van der Waals surface area contributed by atoms with Crippen LogP contribution < -0.4 is 0 Å². The molecule has 0 saturated carbocycles. The van der Waals surface area contributed by atoms with Crippen LogP contribution in [-0.2, 0) is 4.43 Å². The molecule has 1 saturated heterocycles. The van der Waals surface area contributed by atoms with Gasteiger partial charge in [-0.3, -0.25) is 0 Å². The Morgan fingerprint density at radius 1 is 1.55 bits per heavy atom. The molecule has 0 aromatic heterocycles. The Hall–Kier alpha value is 0.134. The summed E-state index contributed by atoms with van der Waals surface area (Å²) in [6.07, 6.45) is 5.03. The Morgan fingerprint density at radius 2 is 2.36 bits per heavy atom. The quantitative estimate of drug-likeness (QED) is 0.587. The largest absolute Gasteiger partial charge is 0.424 e. The van der Waals surface area contributed by atoms with E-state index in [1.54, 1.807) is 5.20 Å². The summed E-state index contributed by atoms with van der Waals surface area (Å²) in [6.45, 7) is 5.50. The molecule has 1 unspecified atom stereocenters. The van der Waals surface area contributed by atoms with E-state index in [1.165, 1.54) is 18.9 Å². The molecule has 3 heteroatoms. The van der Waals surface area contributed by atoms with Gasteiger partial charge in [0.15, 0.2) is 8.56 Å². The van der Waals surface area contributed by atoms with Crippen LogP contribution in [0.3, 0.4) is 0 Å². The molecule has 0 radical (unpaired) electrons. The average molecular weight is 186 g/mol. The van der Waals surface area contributed by atoms with E-state index in [9.17, 15) is 0 Å². The molecule has 64 valence electrons. The van der Waals surface area contributed by atoms with Crippen molar-refractivity contribution in [3.8, 4) is 0 Å². The number of allylic oxidation sites excluding steroid dienone is 2. The van der Waals surface area contributed by atoms with Crippen LogP contribution in [0.25, 0.3) is 0 Å². The summed E-state index contributed by atoms with van der Waals surface area (Å²) < 4.78 is 5.81. The Labute approximate surface area is 73.2 Å². The lowest BCUT2D eigenvalue weighted by Gasteiger charge is -2.20. The fraction of sp³-hybridized carbons (Fsp3) is 0.750. The van der Waals surface area contributed by atoms with Crippen LogP contribution in [0.4, 0.5) is 0 Å². The molecular weight excluding hydrogens is 168 g/mol. The zero-order valence-electron chi connectivity index (χ0n) is 7.60. The summed E-state index contributed by atoms with van der Waals surface area (Å²) in [5, 5.41) is 1.66. The Bertz CT molecular complexity index is 139. The molecular formula is C8H18OSi2. The molecule has 11 heavy (non-hydrogen) atoms. The van der Waals surface area contributed by atoms with Crippen molar-refractivity contribution in [1.29, 1.82) is 0 Å². The zero-order chi connectivity index (χ0) is 8.10. The van der Waals surface area contributed by atoms with Crippen LogP contribution in [0.5, 0.6) is 0 Å². The molecule has 0 amide bonds. The lowest BCUT2D eigenvalue weighted by atomic mass is 10.4. The van der Waals surface area contributed by atoms with Gasteiger partial charge in [0.2, 0.25) is 0 Å². The van der Waals surface area contributed by atoms with Gasteiger partial charge in [-0.15, -0.1) is 0 Å². The van der Waals surface area contributed by atoms with Crippen molar-refractivity contribution >= 4 is 17.6 Å². The fourth-order valence-corrected chi connectivity index (χ4v) is 9.33. The van der Waals surface area contributed by atoms with Crippen molar-refractivity contribution in [3.63, 3.8) is 0 Å². The highest BCUT2D eigenvalue weighted by atomic mass is 29.2. The van der Waals surface area contributed by atoms with Crippen molar-refractivity contribution in [1.82, 2.24) is 0 Å². The Kier molecular flexibility index (Phi) is 4.11. The Morgan fingerprint density at radius 3 is 2.91 bits per heavy atom. The van der Waals surface area contributed by atoms with Crippen LogP contribution in [0.15, 0.2) is 11.3 Å². The van der Waals surface area contributed by atoms with Crippen molar-refractivity contribution in [3.05, 3.63) is 11.3 Å². The first-order valence-corrected chi connectivity index (χ1v) is 9.82. The number of hydrogen-bond donors (Lipinski definition) is 0. The van der Waals surface area contributed by atoms with Crippen molar-refractivity contribution < 1.29 is 4.43 Å². The molecule has 1 aliphatic rings. The van der Waals surface area contributed by atoms with E-state index >= 15 is 0 Å². The van der Waals surface area contributed by atoms with Gasteiger partial charge in [-0.05, 0) is 26.3 Å². The first-order chi connectivity index (χ1) is 5.33. The highest BCUT2D eigenvalue weighted by Crippen LogP contribution is 2.11. The minimum atomic E-state index is -0.631. The summed E-state index contributed by atoms with van der Waals surface area (Å²) in [7, 11) is -0.563. The molecule has 0 N–H and O–H groups in total. The topological polar surface area (TPSA) is 9.23 Å². The van der Waals surface area contributed by atoms with Crippen LogP contribution in [0.2, 0.25) is 6.04 Å². The smallest absolute Gasteiger partial charge is 0.163 e. The van der Waals surface area contributed by atoms with Gasteiger partial charge in [-0.25, -0.2) is 0 Å². The van der Waals surface area contributed by atoms with Gasteiger partial charge in [-0.2, -0.15) is 0 Å². The van der Waals surface area contributed by atoms with Crippen molar-refractivity contribution in [2.75, 3.05) is 6.61 Å². The lowest BCUT2D eigenvalue weighted by Crippen LogP contribution is -2.31. The van der Waals surface area contributed by atoms with Crippen LogP contribution in [0, 0.1) is 0 Å². The first-order valence-electron chi connectivity index (χ1n) is 4.56. The van der Waals surface area contributed by atoms with Crippen LogP contribution in [0.1, 0.15) is 26.7 Å². The minimum Gasteiger partial charge on any atom is -0.424 e. The predicted octanol–water partition coefficient (Wildman–Crippen LogP) is 1.11. The highest BCUT2D eigenvalue weighted by molar-refractivity contribution is 7.12. The third-order valence-electron chi connectivity index (χ3n) is 2.32. The monoisotopic (exact) mass is 186 g/mol. The highest BCUT2D eigenvalue weighted by Gasteiger charge is 2.16. The van der Waals surface area contributed by atoms with Gasteiger partial charge in [0.1, 0.15) is 0 Å². The molecule has 0 aromatic rings. The normalized spacial score (nSPS) is 28.2. The van der Waals surface area contributed by atoms with E-state index in [0.29, 0.717) is 0 Å². The summed E-state index contributed by atoms with van der Waals surface area (Å²) in [6, 6.07) is 1.46. The maximum absolute atomic E-state index is 5.81. The predicted molar refractivity (Wildman–Crippen MR) is 55.1 cm³/mol. The molecule has 1 heterocycles. The lowest BCUT2D eigenvalue weighted by molar-refractivity contribution is 0.298. The molecule has 0 aliphatic carbocycles. The standard InChI is InChI=1S/C8H18OSi2/c1-3-8(2)10-11-7-5-4-6-9-11/h3,11H,4-7,10H2,1-2H3. The van der Waals surface area contributed by atoms with Gasteiger partial charge in [0.05, 0.1) is 9.04 Å². The van der Waals surface area contributed by atoms with Gasteiger partial charge in [-0.1, -0.05) is 17.7 Å². The molecule has 1 aliphatic heterocycles. The van der Waals surface area contributed by atoms with Crippen molar-refractivity contribution in [2.24, 2.45) is 0 Å². The van der Waals surface area contributed by atoms with Gasteiger partial charge < -0.3 is 4.43 Å². The second-order valence-electron chi connectivity index (χ2n) is 3.33. The second kappa shape index (κ2) is 4.90. The summed E-state index contributed by atoms with van der Waals surface area (Å²) in [5.41, 5.74) is 0. The maximum Gasteiger partial charge on any atom is 0.163 e. The van der Waals surface area contributed by atoms with Gasteiger partial charge in [0.25, 0.3) is 0 Å². The van der Waals surface area contributed by atoms with E-state index in [2.05, 4.69) is 19.9 Å². The number of hydrogen-bond acceptors (Lipinski definition) is 1. The summed E-state index contributed by atoms with van der Waals surface area (Å²) >= 11 is 0. The SMILES string of the molecule is CC=C(C)[SiH2][SiH]1CCCCO1. The molecule has 1 rings (SSSR count). The van der Waals surface area contributed by atoms with Crippen LogP contribution >= 0.6 is 0 Å². The third kappa shape index (κ3) is 3.36. The second-order valence-corrected chi connectivity index (χ2v) is 11.0. The molecule has 1 atom stereocenters. The van der Waals surface area contributed by atoms with Gasteiger partial charge >= 0.3 is 0 Å². The molecule has 0 aromatic carbocycles. The van der Waals surface area contributed by atoms with E-state index in [-0.39, 0.29) is 9.04 Å². The maximum atomic E-state index is 5.81. The summed E-state index contributed by atoms with van der Waals surface area (Å²) in [4.78, 5) is 0. The zero-order valence-corrected chi connectivity index (χ0v) is 10.2. The number of rotatable bonds is 2. The minimum absolute atomic E-state index is 0.0677. The van der Waals surface area contributed by atoms with Crippen molar-refractivity contribution in [2.45, 2.75) is 32.7 Å². The molecule has 0 spiro atoms. The molecule has 1 nitrogen and oxygen atoms in total. The first kappa shape index (κ1) is 9.22. The van der Waals surface area contributed by atoms with E-state index in [0.717, 1.165) is 6.61 Å². The Balaban J connectivity index is 2.24. The van der Waals surface area contributed by atoms with Crippen LogP contribution in [-0.4, -0.2) is 24.2 Å². The van der Waals surface area contributed by atoms with E-state index in [4.69, 9.17) is 4.43 Å². The summed E-state index contributed by atoms with van der Waals surface area (Å²) in [5.74, 6) is 0. The average Bonchev–Trinajstić information content (AvgIpc) is 2.06. The fourth-order valence-electron chi connectivity index (χ4n) is 1.45. The van der Waals surface area contributed by atoms with Gasteiger partial charge in [0, 0.05) is 6.61 Å². The third-order valence-corrected chi connectivity index (χ3v) is 10.8. The van der Waals surface area contributed by atoms with E-state index in [1.807, 2.05) is 0 Å². The van der Waals surface area contributed by atoms with E-state index < -0.39 is 8.56 Å². The molecule has 0 bridgehead atoms. The molecule has 1 fully saturated rings.